The summed E-state index contributed by atoms with van der Waals surface area (Å²) in [5.41, 5.74) is 12.1. The molecule has 4 rings (SSSR count). The summed E-state index contributed by atoms with van der Waals surface area (Å²) in [6, 6.07) is 0. The highest BCUT2D eigenvalue weighted by Gasteiger charge is 2.17. The van der Waals surface area contributed by atoms with E-state index in [1.54, 1.807) is 22.3 Å². The fourth-order valence-corrected chi connectivity index (χ4v) is 6.30. The summed E-state index contributed by atoms with van der Waals surface area (Å²) in [4.78, 5) is 8.78. The zero-order chi connectivity index (χ0) is 33.7. The fraction of sp³-hybridized carbons (Fsp3) is 0.667. The lowest BCUT2D eigenvalue weighted by Gasteiger charge is -2.13. The van der Waals surface area contributed by atoms with Crippen molar-refractivity contribution in [3.05, 3.63) is 69.1 Å². The van der Waals surface area contributed by atoms with Crippen LogP contribution in [0.4, 0.5) is 0 Å². The summed E-state index contributed by atoms with van der Waals surface area (Å²) in [5.74, 6) is 5.35. The second-order valence-electron chi connectivity index (χ2n) is 15.3. The minimum Gasteiger partial charge on any atom is -0.265 e. The molecule has 0 amide bonds. The SMILES string of the molecule is CC(C)C1=C(C(C)C)CC=C1.CC(C)C1=C(C(C)C)CC=C1.CC(C)C1=C(C(C)C)N=CC1.CC(C)C1=C(C(C)C)N=CC1. The van der Waals surface area contributed by atoms with E-state index in [0.29, 0.717) is 35.5 Å². The minimum absolute atomic E-state index is 0.589. The Bertz CT molecular complexity index is 964. The highest BCUT2D eigenvalue weighted by atomic mass is 14.8. The molecule has 0 spiro atoms. The molecule has 0 aromatic rings. The molecule has 2 heterocycles. The van der Waals surface area contributed by atoms with Crippen molar-refractivity contribution in [1.29, 1.82) is 0 Å². The number of nitrogens with zero attached hydrogens (tertiary/aromatic N) is 2. The standard InChI is InChI=1S/2C11H18.2C10H17N/c2*1-8(2)10-6-5-7-11(10)9(3)4;2*1-7(2)9-5-6-11-10(9)8(3)4/h2*5-6,8-9H,7H2,1-4H3;2*6-8H,5H2,1-4H3. The largest absolute Gasteiger partial charge is 0.265 e. The van der Waals surface area contributed by atoms with E-state index in [0.717, 1.165) is 24.7 Å². The van der Waals surface area contributed by atoms with E-state index in [1.807, 2.05) is 12.4 Å². The minimum atomic E-state index is 0.589. The third kappa shape index (κ3) is 12.3. The van der Waals surface area contributed by atoms with Crippen LogP contribution in [0.25, 0.3) is 0 Å². The van der Waals surface area contributed by atoms with E-state index < -0.39 is 0 Å². The summed E-state index contributed by atoms with van der Waals surface area (Å²) >= 11 is 0. The van der Waals surface area contributed by atoms with Gasteiger partial charge >= 0.3 is 0 Å². The van der Waals surface area contributed by atoms with Gasteiger partial charge in [0.2, 0.25) is 0 Å². The summed E-state index contributed by atoms with van der Waals surface area (Å²) in [5, 5.41) is 0. The predicted octanol–water partition coefficient (Wildman–Crippen LogP) is 13.2. The van der Waals surface area contributed by atoms with Crippen molar-refractivity contribution in [2.45, 2.75) is 136 Å². The Kier molecular flexibility index (Phi) is 17.5. The lowest BCUT2D eigenvalue weighted by molar-refractivity contribution is 0.688. The number of hydrogen-bond acceptors (Lipinski definition) is 2. The van der Waals surface area contributed by atoms with E-state index in [4.69, 9.17) is 0 Å². The highest BCUT2D eigenvalue weighted by Crippen LogP contribution is 2.32. The summed E-state index contributed by atoms with van der Waals surface area (Å²) in [6.45, 7) is 36.0. The lowest BCUT2D eigenvalue weighted by atomic mass is 9.93. The first-order chi connectivity index (χ1) is 20.5. The molecule has 0 fully saturated rings. The smallest absolute Gasteiger partial charge is 0.0423 e. The second-order valence-corrected chi connectivity index (χ2v) is 15.3. The average Bonchev–Trinajstić information content (AvgIpc) is 3.75. The molecule has 2 heteroatoms. The second kappa shape index (κ2) is 19.3. The molecule has 0 N–H and O–H groups in total. The lowest BCUT2D eigenvalue weighted by Crippen LogP contribution is -1.98. The van der Waals surface area contributed by atoms with Crippen LogP contribution in [0.15, 0.2) is 79.1 Å². The summed E-state index contributed by atoms with van der Waals surface area (Å²) in [7, 11) is 0. The van der Waals surface area contributed by atoms with Gasteiger partial charge in [-0.05, 0) is 82.5 Å². The van der Waals surface area contributed by atoms with Crippen LogP contribution in [0.1, 0.15) is 136 Å². The number of hydrogen-bond donors (Lipinski definition) is 0. The van der Waals surface area contributed by atoms with Crippen molar-refractivity contribution >= 4 is 12.4 Å². The Labute approximate surface area is 274 Å². The average molecular weight is 603 g/mol. The van der Waals surface area contributed by atoms with Gasteiger partial charge in [-0.1, -0.05) is 146 Å². The monoisotopic (exact) mass is 603 g/mol. The Hall–Kier alpha value is -2.22. The van der Waals surface area contributed by atoms with Gasteiger partial charge in [0.05, 0.1) is 0 Å². The molecular weight excluding hydrogens is 532 g/mol. The van der Waals surface area contributed by atoms with Crippen LogP contribution in [0.5, 0.6) is 0 Å². The molecule has 0 saturated heterocycles. The third-order valence-corrected chi connectivity index (χ3v) is 8.88. The molecule has 0 bridgehead atoms. The molecule has 0 saturated carbocycles. The molecule has 248 valence electrons. The van der Waals surface area contributed by atoms with Gasteiger partial charge in [-0.2, -0.15) is 0 Å². The zero-order valence-corrected chi connectivity index (χ0v) is 31.8. The van der Waals surface area contributed by atoms with Gasteiger partial charge in [0.25, 0.3) is 0 Å². The van der Waals surface area contributed by atoms with Gasteiger partial charge < -0.3 is 0 Å². The topological polar surface area (TPSA) is 24.7 Å². The van der Waals surface area contributed by atoms with Crippen molar-refractivity contribution in [2.24, 2.45) is 57.3 Å². The Balaban J connectivity index is 0.000000293. The molecule has 0 atom stereocenters. The van der Waals surface area contributed by atoms with Crippen molar-refractivity contribution in [2.75, 3.05) is 0 Å². The van der Waals surface area contributed by atoms with Gasteiger partial charge in [-0.25, -0.2) is 0 Å². The van der Waals surface area contributed by atoms with Gasteiger partial charge in [-0.15, -0.1) is 0 Å². The molecule has 2 nitrogen and oxygen atoms in total. The molecule has 0 unspecified atom stereocenters. The van der Waals surface area contributed by atoms with E-state index in [-0.39, 0.29) is 0 Å². The summed E-state index contributed by atoms with van der Waals surface area (Å²) < 4.78 is 0. The first-order valence-electron chi connectivity index (χ1n) is 17.8. The maximum absolute atomic E-state index is 4.39. The maximum Gasteiger partial charge on any atom is 0.0423 e. The molecule has 44 heavy (non-hydrogen) atoms. The summed E-state index contributed by atoms with van der Waals surface area (Å²) in [6.07, 6.45) is 17.7. The maximum atomic E-state index is 4.39. The molecule has 2 aliphatic heterocycles. The van der Waals surface area contributed by atoms with Gasteiger partial charge in [0.1, 0.15) is 0 Å². The third-order valence-electron chi connectivity index (χ3n) is 8.88. The molecule has 2 aliphatic carbocycles. The van der Waals surface area contributed by atoms with E-state index in [1.165, 1.54) is 35.4 Å². The molecule has 0 aromatic carbocycles. The fourth-order valence-electron chi connectivity index (χ4n) is 6.30. The van der Waals surface area contributed by atoms with E-state index in [9.17, 15) is 0 Å². The van der Waals surface area contributed by atoms with Crippen LogP contribution >= 0.6 is 0 Å². The zero-order valence-electron chi connectivity index (χ0n) is 31.8. The van der Waals surface area contributed by atoms with Crippen LogP contribution in [0.2, 0.25) is 0 Å². The molecular formula is C42H70N2. The van der Waals surface area contributed by atoms with Crippen LogP contribution < -0.4 is 0 Å². The predicted molar refractivity (Wildman–Crippen MR) is 201 cm³/mol. The van der Waals surface area contributed by atoms with Crippen LogP contribution in [-0.4, -0.2) is 12.4 Å². The van der Waals surface area contributed by atoms with Gasteiger partial charge in [-0.3, -0.25) is 9.98 Å². The number of rotatable bonds is 8. The Morgan fingerprint density at radius 2 is 0.659 bits per heavy atom. The first kappa shape index (κ1) is 39.8. The van der Waals surface area contributed by atoms with E-state index >= 15 is 0 Å². The normalized spacial score (nSPS) is 17.6. The van der Waals surface area contributed by atoms with Crippen molar-refractivity contribution in [3.63, 3.8) is 0 Å². The van der Waals surface area contributed by atoms with Gasteiger partial charge in [0, 0.05) is 36.7 Å². The van der Waals surface area contributed by atoms with Crippen LogP contribution in [0, 0.1) is 47.3 Å². The highest BCUT2D eigenvalue weighted by molar-refractivity contribution is 5.68. The number of aliphatic imine (C=N–C) groups is 2. The first-order valence-corrected chi connectivity index (χ1v) is 17.8. The molecule has 0 radical (unpaired) electrons. The van der Waals surface area contributed by atoms with Crippen LogP contribution in [-0.2, 0) is 0 Å². The number of allylic oxidation sites excluding steroid dienone is 12. The Morgan fingerprint density at radius 3 is 0.841 bits per heavy atom. The molecule has 0 aromatic heterocycles. The van der Waals surface area contributed by atoms with E-state index in [2.05, 4.69) is 145 Å². The van der Waals surface area contributed by atoms with Crippen LogP contribution in [0.3, 0.4) is 0 Å². The van der Waals surface area contributed by atoms with Crippen molar-refractivity contribution < 1.29 is 0 Å². The van der Waals surface area contributed by atoms with Crippen molar-refractivity contribution in [1.82, 2.24) is 0 Å². The Morgan fingerprint density at radius 1 is 0.364 bits per heavy atom. The van der Waals surface area contributed by atoms with Gasteiger partial charge in [0.15, 0.2) is 0 Å². The van der Waals surface area contributed by atoms with Crippen molar-refractivity contribution in [3.8, 4) is 0 Å². The molecule has 4 aliphatic rings. The quantitative estimate of drug-likeness (QED) is 0.264.